The first-order chi connectivity index (χ1) is 20.9. The number of rotatable bonds is 17. The molecule has 1 N–H and O–H groups in total. The molecule has 15 heteroatoms. The third kappa shape index (κ3) is 12.8. The van der Waals surface area contributed by atoms with Crippen LogP contribution in [0.25, 0.3) is 0 Å². The Morgan fingerprint density at radius 2 is 1.72 bits per heavy atom. The van der Waals surface area contributed by atoms with Crippen molar-refractivity contribution in [2.75, 3.05) is 47.5 Å². The molecule has 2 atom stereocenters. The highest BCUT2D eigenvalue weighted by Crippen LogP contribution is 2.48. The topological polar surface area (TPSA) is 152 Å². The van der Waals surface area contributed by atoms with E-state index in [1.165, 1.54) is 6.92 Å². The summed E-state index contributed by atoms with van der Waals surface area (Å²) in [5.74, 6) is -9.17. The molecule has 258 valence electrons. The number of nitrogens with zero attached hydrogens (tertiary/aromatic N) is 2. The van der Waals surface area contributed by atoms with Gasteiger partial charge in [-0.15, -0.1) is 10.1 Å². The van der Waals surface area contributed by atoms with E-state index in [4.69, 9.17) is 14.2 Å². The fraction of sp³-hybridized carbons (Fsp3) is 0.581. The molecule has 0 heterocycles. The third-order valence-corrected chi connectivity index (χ3v) is 7.09. The minimum atomic E-state index is -4.20. The van der Waals surface area contributed by atoms with E-state index in [0.29, 0.717) is 32.1 Å². The SMILES string of the molecule is C=C(C)[C@H]1CCC(COC(C)=O)=C[C@@H]1c1c(O)cc(C(F)(F)C(=O)OCCCCCCO[N+](=O)[O-])cc1OC(=O)C[N+](C)(C)C.[I-]. The Kier molecular flexibility index (Phi) is 16.0. The first-order valence-electron chi connectivity index (χ1n) is 14.6. The van der Waals surface area contributed by atoms with Crippen LogP contribution in [0.15, 0.2) is 35.9 Å². The van der Waals surface area contributed by atoms with E-state index in [1.54, 1.807) is 34.1 Å². The van der Waals surface area contributed by atoms with Crippen LogP contribution >= 0.6 is 0 Å². The van der Waals surface area contributed by atoms with Gasteiger partial charge in [-0.3, -0.25) is 4.79 Å². The number of phenolic OH excluding ortho intramolecular Hbond substituents is 1. The zero-order valence-corrected chi connectivity index (χ0v) is 29.0. The molecule has 1 aromatic carbocycles. The standard InChI is InChI=1S/C31H42F2N2O10.HI/c1-20(2)24-12-11-22(19-43-21(3)36)15-25(24)29-26(37)16-23(17-27(29)45-28(38)18-35(4,5)6)31(32,33)30(39)42-13-9-7-8-10-14-44-34(40)41;/h15-17,24-25H,1,7-14,18-19H2,2-6H3;1H/t24-,25+;/m1./s1. The number of unbranched alkanes of at least 4 members (excludes halogenated alkanes) is 3. The minimum Gasteiger partial charge on any atom is -1.00 e. The van der Waals surface area contributed by atoms with Gasteiger partial charge in [-0.25, -0.2) is 9.59 Å². The van der Waals surface area contributed by atoms with Crippen LogP contribution in [0.4, 0.5) is 8.78 Å². The monoisotopic (exact) mass is 768 g/mol. The zero-order chi connectivity index (χ0) is 33.9. The van der Waals surface area contributed by atoms with Crippen molar-refractivity contribution in [3.63, 3.8) is 0 Å². The molecule has 0 saturated carbocycles. The van der Waals surface area contributed by atoms with Crippen molar-refractivity contribution < 1.29 is 80.9 Å². The average molecular weight is 769 g/mol. The zero-order valence-electron chi connectivity index (χ0n) is 26.8. The summed E-state index contributed by atoms with van der Waals surface area (Å²) in [7, 11) is 5.22. The fourth-order valence-electron chi connectivity index (χ4n) is 4.95. The Morgan fingerprint density at radius 1 is 1.09 bits per heavy atom. The second-order valence-corrected chi connectivity index (χ2v) is 12.1. The summed E-state index contributed by atoms with van der Waals surface area (Å²) in [6, 6.07) is 1.62. The lowest BCUT2D eigenvalue weighted by Gasteiger charge is -2.33. The lowest BCUT2D eigenvalue weighted by atomic mass is 9.73. The molecule has 46 heavy (non-hydrogen) atoms. The maximum Gasteiger partial charge on any atom is 0.381 e. The Bertz CT molecular complexity index is 1300. The smallest absolute Gasteiger partial charge is 0.381 e. The number of ether oxygens (including phenoxy) is 3. The normalized spacial score (nSPS) is 16.4. The maximum atomic E-state index is 15.4. The van der Waals surface area contributed by atoms with Crippen LogP contribution in [0, 0.1) is 16.0 Å². The first kappa shape index (κ1) is 40.7. The maximum absolute atomic E-state index is 15.4. The van der Waals surface area contributed by atoms with Gasteiger partial charge in [0.2, 0.25) is 0 Å². The van der Waals surface area contributed by atoms with Crippen LogP contribution in [0.1, 0.15) is 69.4 Å². The number of allylic oxidation sites excluding steroid dienone is 2. The number of hydrogen-bond donors (Lipinski definition) is 1. The van der Waals surface area contributed by atoms with Crippen molar-refractivity contribution in [3.8, 4) is 11.5 Å². The Labute approximate surface area is 284 Å². The number of alkyl halides is 2. The van der Waals surface area contributed by atoms with E-state index in [-0.39, 0.29) is 78.5 Å². The lowest BCUT2D eigenvalue weighted by molar-refractivity contribution is -0.862. The van der Waals surface area contributed by atoms with E-state index >= 15 is 8.78 Å². The Hall–Kier alpha value is -3.34. The number of phenols is 1. The molecular weight excluding hydrogens is 725 g/mol. The van der Waals surface area contributed by atoms with Gasteiger partial charge in [0.05, 0.1) is 34.4 Å². The summed E-state index contributed by atoms with van der Waals surface area (Å²) in [6.07, 6.45) is 4.44. The molecule has 1 aromatic rings. The number of aromatic hydroxyl groups is 1. The van der Waals surface area contributed by atoms with E-state index in [2.05, 4.69) is 11.4 Å². The molecule has 1 aliphatic rings. The predicted molar refractivity (Wildman–Crippen MR) is 158 cm³/mol. The van der Waals surface area contributed by atoms with Crippen molar-refractivity contribution in [2.24, 2.45) is 5.92 Å². The summed E-state index contributed by atoms with van der Waals surface area (Å²) < 4.78 is 46.5. The molecule has 0 amide bonds. The van der Waals surface area contributed by atoms with Crippen molar-refractivity contribution in [1.82, 2.24) is 0 Å². The molecule has 0 spiro atoms. The average Bonchev–Trinajstić information content (AvgIpc) is 2.91. The molecule has 2 rings (SSSR count). The molecule has 0 unspecified atom stereocenters. The molecule has 0 aromatic heterocycles. The quantitative estimate of drug-likeness (QED) is 0.0364. The van der Waals surface area contributed by atoms with Crippen LogP contribution in [-0.2, 0) is 34.6 Å². The van der Waals surface area contributed by atoms with Crippen molar-refractivity contribution in [3.05, 3.63) is 57.2 Å². The van der Waals surface area contributed by atoms with Gasteiger partial charge in [-0.2, -0.15) is 8.78 Å². The molecular formula is C31H43F2IN2O10. The van der Waals surface area contributed by atoms with Crippen LogP contribution in [0.3, 0.4) is 0 Å². The predicted octanol–water partition coefficient (Wildman–Crippen LogP) is 1.97. The number of likely N-dealkylation sites (N-methyl/N-ethyl adjacent to an activating group) is 1. The Morgan fingerprint density at radius 3 is 2.28 bits per heavy atom. The van der Waals surface area contributed by atoms with Crippen LogP contribution in [-0.4, -0.2) is 80.1 Å². The highest BCUT2D eigenvalue weighted by molar-refractivity contribution is 5.81. The summed E-state index contributed by atoms with van der Waals surface area (Å²) in [5.41, 5.74) is 0.616. The van der Waals surface area contributed by atoms with Crippen LogP contribution in [0.5, 0.6) is 11.5 Å². The van der Waals surface area contributed by atoms with Gasteiger partial charge in [0, 0.05) is 24.0 Å². The summed E-state index contributed by atoms with van der Waals surface area (Å²) in [5, 5.41) is 20.4. The second-order valence-electron chi connectivity index (χ2n) is 12.1. The van der Waals surface area contributed by atoms with Gasteiger partial charge in [0.1, 0.15) is 18.1 Å². The first-order valence-corrected chi connectivity index (χ1v) is 14.6. The van der Waals surface area contributed by atoms with Crippen LogP contribution in [0.2, 0.25) is 0 Å². The van der Waals surface area contributed by atoms with Crippen molar-refractivity contribution in [1.29, 1.82) is 0 Å². The van der Waals surface area contributed by atoms with Gasteiger partial charge in [-0.1, -0.05) is 24.6 Å². The number of halogens is 3. The largest absolute Gasteiger partial charge is 1.00 e. The third-order valence-electron chi connectivity index (χ3n) is 7.09. The second kappa shape index (κ2) is 18.1. The van der Waals surface area contributed by atoms with E-state index in [1.807, 2.05) is 0 Å². The van der Waals surface area contributed by atoms with Gasteiger partial charge in [0.25, 0.3) is 5.09 Å². The number of benzene rings is 1. The molecule has 0 radical (unpaired) electrons. The summed E-state index contributed by atoms with van der Waals surface area (Å²) in [4.78, 5) is 51.1. The van der Waals surface area contributed by atoms with Crippen LogP contribution < -0.4 is 28.7 Å². The molecule has 0 aliphatic heterocycles. The van der Waals surface area contributed by atoms with Crippen molar-refractivity contribution >= 4 is 17.9 Å². The lowest BCUT2D eigenvalue weighted by Crippen LogP contribution is -3.00. The van der Waals surface area contributed by atoms with Gasteiger partial charge in [-0.05, 0) is 62.7 Å². The molecule has 1 aliphatic carbocycles. The highest BCUT2D eigenvalue weighted by atomic mass is 127. The Balaban J connectivity index is 0.0000106. The number of hydrogen-bond acceptors (Lipinski definition) is 10. The van der Waals surface area contributed by atoms with Gasteiger partial charge < -0.3 is 52.6 Å². The minimum absolute atomic E-state index is 0. The number of carbonyl (C=O) groups is 3. The summed E-state index contributed by atoms with van der Waals surface area (Å²) in [6.45, 7) is 6.58. The summed E-state index contributed by atoms with van der Waals surface area (Å²) >= 11 is 0. The van der Waals surface area contributed by atoms with E-state index < -0.39 is 46.1 Å². The molecule has 0 saturated heterocycles. The molecule has 0 bridgehead atoms. The number of carbonyl (C=O) groups excluding carboxylic acids is 3. The van der Waals surface area contributed by atoms with E-state index in [9.17, 15) is 29.6 Å². The highest BCUT2D eigenvalue weighted by Gasteiger charge is 2.45. The number of esters is 3. The molecule has 12 nitrogen and oxygen atoms in total. The van der Waals surface area contributed by atoms with Gasteiger partial charge >= 0.3 is 23.8 Å². The van der Waals surface area contributed by atoms with Crippen molar-refractivity contribution in [2.45, 2.75) is 64.2 Å². The number of quaternary nitrogens is 1. The van der Waals surface area contributed by atoms with E-state index in [0.717, 1.165) is 23.3 Å². The molecule has 0 fully saturated rings. The van der Waals surface area contributed by atoms with Gasteiger partial charge in [0.15, 0.2) is 6.54 Å². The fourth-order valence-corrected chi connectivity index (χ4v) is 4.95.